The summed E-state index contributed by atoms with van der Waals surface area (Å²) in [6.07, 6.45) is 2.91. The summed E-state index contributed by atoms with van der Waals surface area (Å²) in [5, 5.41) is 6.38. The zero-order valence-electron chi connectivity index (χ0n) is 15.9. The Labute approximate surface area is 162 Å². The molecule has 2 atom stereocenters. The first-order chi connectivity index (χ1) is 12.1. The van der Waals surface area contributed by atoms with Crippen LogP contribution in [-0.2, 0) is 9.53 Å². The first kappa shape index (κ1) is 22.5. The molecule has 1 heterocycles. The maximum absolute atomic E-state index is 12.4. The topological polar surface area (TPSA) is 68.8 Å². The molecule has 1 aromatic carbocycles. The van der Waals surface area contributed by atoms with Crippen LogP contribution in [0.1, 0.15) is 26.2 Å². The van der Waals surface area contributed by atoms with Gasteiger partial charge in [0.2, 0.25) is 5.91 Å². The molecule has 0 aliphatic carbocycles. The second-order valence-corrected chi connectivity index (χ2v) is 6.54. The molecule has 1 fully saturated rings. The number of nitrogens with one attached hydrogen (secondary N) is 2. The van der Waals surface area contributed by atoms with Gasteiger partial charge in [-0.3, -0.25) is 4.79 Å². The SMILES string of the molecule is COCCOc1cc(NC(=O)CC(C)C2CCCNC2)ccc1OC.Cl. The number of anilines is 1. The van der Waals surface area contributed by atoms with Crippen LogP contribution in [0.5, 0.6) is 11.5 Å². The maximum atomic E-state index is 12.4. The van der Waals surface area contributed by atoms with Crippen LogP contribution in [0.15, 0.2) is 18.2 Å². The Balaban J connectivity index is 0.00000338. The number of halogens is 1. The van der Waals surface area contributed by atoms with Crippen molar-refractivity contribution in [3.05, 3.63) is 18.2 Å². The van der Waals surface area contributed by atoms with Crippen molar-refractivity contribution >= 4 is 24.0 Å². The third-order valence-electron chi connectivity index (χ3n) is 4.64. The Morgan fingerprint density at radius 3 is 2.77 bits per heavy atom. The molecule has 0 radical (unpaired) electrons. The molecule has 26 heavy (non-hydrogen) atoms. The minimum absolute atomic E-state index is 0. The van der Waals surface area contributed by atoms with E-state index in [1.54, 1.807) is 26.4 Å². The van der Waals surface area contributed by atoms with Crippen LogP contribution >= 0.6 is 12.4 Å². The van der Waals surface area contributed by atoms with Gasteiger partial charge >= 0.3 is 0 Å². The lowest BCUT2D eigenvalue weighted by Gasteiger charge is -2.28. The van der Waals surface area contributed by atoms with Crippen LogP contribution in [0.25, 0.3) is 0 Å². The summed E-state index contributed by atoms with van der Waals surface area (Å²) in [5.74, 6) is 2.20. The summed E-state index contributed by atoms with van der Waals surface area (Å²) in [5.41, 5.74) is 0.715. The highest BCUT2D eigenvalue weighted by molar-refractivity contribution is 5.91. The van der Waals surface area contributed by atoms with Crippen LogP contribution in [0.2, 0.25) is 0 Å². The second-order valence-electron chi connectivity index (χ2n) is 6.54. The number of rotatable bonds is 9. The summed E-state index contributed by atoms with van der Waals surface area (Å²) in [7, 11) is 3.22. The van der Waals surface area contributed by atoms with Crippen LogP contribution < -0.4 is 20.1 Å². The van der Waals surface area contributed by atoms with Crippen molar-refractivity contribution in [2.75, 3.05) is 45.8 Å². The Hall–Kier alpha value is -1.50. The predicted octanol–water partition coefficient (Wildman–Crippen LogP) is 3.11. The lowest BCUT2D eigenvalue weighted by Crippen LogP contribution is -2.34. The molecule has 6 nitrogen and oxygen atoms in total. The molecule has 0 bridgehead atoms. The van der Waals surface area contributed by atoms with E-state index in [0.717, 1.165) is 13.1 Å². The van der Waals surface area contributed by atoms with E-state index in [9.17, 15) is 4.79 Å². The molecule has 7 heteroatoms. The lowest BCUT2D eigenvalue weighted by atomic mass is 9.85. The summed E-state index contributed by atoms with van der Waals surface area (Å²) in [6, 6.07) is 5.41. The van der Waals surface area contributed by atoms with Crippen molar-refractivity contribution in [2.45, 2.75) is 26.2 Å². The smallest absolute Gasteiger partial charge is 0.224 e. The zero-order valence-corrected chi connectivity index (χ0v) is 16.7. The van der Waals surface area contributed by atoms with Gasteiger partial charge in [-0.1, -0.05) is 6.92 Å². The highest BCUT2D eigenvalue weighted by atomic mass is 35.5. The quantitative estimate of drug-likeness (QED) is 0.638. The van der Waals surface area contributed by atoms with E-state index < -0.39 is 0 Å². The molecule has 1 saturated heterocycles. The van der Waals surface area contributed by atoms with Crippen LogP contribution in [0.3, 0.4) is 0 Å². The van der Waals surface area contributed by atoms with Gasteiger partial charge in [-0.25, -0.2) is 0 Å². The van der Waals surface area contributed by atoms with Crippen molar-refractivity contribution < 1.29 is 19.0 Å². The van der Waals surface area contributed by atoms with E-state index in [1.165, 1.54) is 12.8 Å². The molecule has 1 aliphatic heterocycles. The fourth-order valence-corrected chi connectivity index (χ4v) is 3.14. The number of benzene rings is 1. The number of carbonyl (C=O) groups excluding carboxylic acids is 1. The normalized spacial score (nSPS) is 17.7. The third kappa shape index (κ3) is 7.02. The lowest BCUT2D eigenvalue weighted by molar-refractivity contribution is -0.117. The van der Waals surface area contributed by atoms with Gasteiger partial charge in [0.15, 0.2) is 11.5 Å². The summed E-state index contributed by atoms with van der Waals surface area (Å²) in [4.78, 5) is 12.4. The molecule has 1 aromatic rings. The maximum Gasteiger partial charge on any atom is 0.224 e. The summed E-state index contributed by atoms with van der Waals surface area (Å²) >= 11 is 0. The number of ether oxygens (including phenoxy) is 3. The highest BCUT2D eigenvalue weighted by Gasteiger charge is 2.22. The van der Waals surface area contributed by atoms with Crippen LogP contribution in [-0.4, -0.2) is 46.4 Å². The van der Waals surface area contributed by atoms with Crippen molar-refractivity contribution in [1.29, 1.82) is 0 Å². The molecular weight excluding hydrogens is 356 g/mol. The van der Waals surface area contributed by atoms with E-state index in [2.05, 4.69) is 17.6 Å². The first-order valence-electron chi connectivity index (χ1n) is 8.94. The summed E-state index contributed by atoms with van der Waals surface area (Å²) < 4.78 is 15.9. The van der Waals surface area contributed by atoms with Gasteiger partial charge in [-0.15, -0.1) is 12.4 Å². The standard InChI is InChI=1S/C19H30N2O4.ClH/c1-14(15-5-4-8-20-13-15)11-19(22)21-16-6-7-17(24-3)18(12-16)25-10-9-23-2;/h6-7,12,14-15,20H,4-5,8-11,13H2,1-3H3,(H,21,22);1H. The second kappa shape index (κ2) is 12.0. The number of methoxy groups -OCH3 is 2. The van der Waals surface area contributed by atoms with Crippen LogP contribution in [0.4, 0.5) is 5.69 Å². The van der Waals surface area contributed by atoms with Gasteiger partial charge in [-0.2, -0.15) is 0 Å². The number of hydrogen-bond donors (Lipinski definition) is 2. The van der Waals surface area contributed by atoms with Crippen molar-refractivity contribution in [3.8, 4) is 11.5 Å². The first-order valence-corrected chi connectivity index (χ1v) is 8.94. The minimum Gasteiger partial charge on any atom is -0.493 e. The van der Waals surface area contributed by atoms with Gasteiger partial charge in [0.1, 0.15) is 6.61 Å². The minimum atomic E-state index is 0. The number of piperidine rings is 1. The van der Waals surface area contributed by atoms with Gasteiger partial charge in [0.25, 0.3) is 0 Å². The van der Waals surface area contributed by atoms with E-state index >= 15 is 0 Å². The fourth-order valence-electron chi connectivity index (χ4n) is 3.14. The molecule has 0 saturated carbocycles. The highest BCUT2D eigenvalue weighted by Crippen LogP contribution is 2.30. The largest absolute Gasteiger partial charge is 0.493 e. The Morgan fingerprint density at radius 1 is 1.31 bits per heavy atom. The molecule has 0 spiro atoms. The van der Waals surface area contributed by atoms with Crippen LogP contribution in [0, 0.1) is 11.8 Å². The average Bonchev–Trinajstić information content (AvgIpc) is 2.63. The molecule has 2 N–H and O–H groups in total. The summed E-state index contributed by atoms with van der Waals surface area (Å²) in [6.45, 7) is 5.18. The van der Waals surface area contributed by atoms with E-state index in [-0.39, 0.29) is 18.3 Å². The predicted molar refractivity (Wildman–Crippen MR) is 106 cm³/mol. The van der Waals surface area contributed by atoms with Gasteiger partial charge in [-0.05, 0) is 49.9 Å². The Bertz CT molecular complexity index is 550. The molecule has 148 valence electrons. The number of amides is 1. The number of hydrogen-bond acceptors (Lipinski definition) is 5. The molecule has 2 rings (SSSR count). The Kier molecular flexibility index (Phi) is 10.4. The zero-order chi connectivity index (χ0) is 18.1. The van der Waals surface area contributed by atoms with E-state index in [4.69, 9.17) is 14.2 Å². The molecule has 1 aliphatic rings. The van der Waals surface area contributed by atoms with Crippen molar-refractivity contribution in [3.63, 3.8) is 0 Å². The molecule has 0 aromatic heterocycles. The Morgan fingerprint density at radius 2 is 2.12 bits per heavy atom. The third-order valence-corrected chi connectivity index (χ3v) is 4.64. The molecule has 1 amide bonds. The molecular formula is C19H31ClN2O4. The average molecular weight is 387 g/mol. The molecule has 2 unspecified atom stereocenters. The van der Waals surface area contributed by atoms with Crippen molar-refractivity contribution in [1.82, 2.24) is 5.32 Å². The van der Waals surface area contributed by atoms with Crippen molar-refractivity contribution in [2.24, 2.45) is 11.8 Å². The van der Waals surface area contributed by atoms with Gasteiger partial charge < -0.3 is 24.8 Å². The van der Waals surface area contributed by atoms with Gasteiger partial charge in [0, 0.05) is 25.3 Å². The van der Waals surface area contributed by atoms with E-state index in [1.807, 2.05) is 6.07 Å². The fraction of sp³-hybridized carbons (Fsp3) is 0.632. The van der Waals surface area contributed by atoms with Gasteiger partial charge in [0.05, 0.1) is 13.7 Å². The monoisotopic (exact) mass is 386 g/mol. The van der Waals surface area contributed by atoms with E-state index in [0.29, 0.717) is 48.7 Å². The number of carbonyl (C=O) groups is 1.